The summed E-state index contributed by atoms with van der Waals surface area (Å²) in [6, 6.07) is 14.1. The Morgan fingerprint density at radius 3 is 2.54 bits per heavy atom. The van der Waals surface area contributed by atoms with E-state index in [1.165, 1.54) is 52.6 Å². The molecule has 192 valence electrons. The monoisotopic (exact) mass is 513 g/mol. The Kier molecular flexibility index (Phi) is 6.26. The molecule has 2 heterocycles. The van der Waals surface area contributed by atoms with Crippen molar-refractivity contribution in [3.63, 3.8) is 0 Å². The third kappa shape index (κ3) is 4.26. The number of hydrogen-bond acceptors (Lipinski definition) is 4. The van der Waals surface area contributed by atoms with Gasteiger partial charge in [-0.2, -0.15) is 13.2 Å². The molecule has 0 saturated carbocycles. The maximum Gasteiger partial charge on any atom is 0.416 e. The van der Waals surface area contributed by atoms with E-state index in [2.05, 4.69) is 0 Å². The maximum atomic E-state index is 14.6. The molecule has 0 aliphatic carbocycles. The van der Waals surface area contributed by atoms with Gasteiger partial charge in [0.05, 0.1) is 36.5 Å². The van der Waals surface area contributed by atoms with Crippen LogP contribution in [0.2, 0.25) is 0 Å². The van der Waals surface area contributed by atoms with E-state index in [0.717, 1.165) is 6.07 Å². The Hall–Kier alpha value is -4.08. The molecule has 0 unspecified atom stereocenters. The average molecular weight is 513 g/mol. The Morgan fingerprint density at radius 2 is 1.81 bits per heavy atom. The summed E-state index contributed by atoms with van der Waals surface area (Å²) < 4.78 is 64.0. The summed E-state index contributed by atoms with van der Waals surface area (Å²) in [7, 11) is 1.43. The molecule has 1 aliphatic rings. The molecule has 10 heteroatoms. The zero-order valence-corrected chi connectivity index (χ0v) is 19.8. The first kappa shape index (κ1) is 24.6. The van der Waals surface area contributed by atoms with Gasteiger partial charge in [0, 0.05) is 18.7 Å². The lowest BCUT2D eigenvalue weighted by Gasteiger charge is -2.21. The van der Waals surface area contributed by atoms with Crippen LogP contribution in [-0.2, 0) is 12.7 Å². The maximum absolute atomic E-state index is 14.6. The number of rotatable bonds is 6. The Labute approximate surface area is 209 Å². The second-order valence-electron chi connectivity index (χ2n) is 8.91. The number of methoxy groups -OCH3 is 1. The van der Waals surface area contributed by atoms with E-state index in [4.69, 9.17) is 4.74 Å². The second kappa shape index (κ2) is 9.42. The van der Waals surface area contributed by atoms with Crippen molar-refractivity contribution in [2.45, 2.75) is 25.2 Å². The summed E-state index contributed by atoms with van der Waals surface area (Å²) in [6.07, 6.45) is -3.51. The van der Waals surface area contributed by atoms with Crippen molar-refractivity contribution < 1.29 is 27.1 Å². The second-order valence-corrected chi connectivity index (χ2v) is 8.91. The van der Waals surface area contributed by atoms with E-state index in [1.807, 2.05) is 0 Å². The minimum Gasteiger partial charge on any atom is -0.494 e. The summed E-state index contributed by atoms with van der Waals surface area (Å²) in [5, 5.41) is 0. The van der Waals surface area contributed by atoms with Gasteiger partial charge in [-0.1, -0.05) is 30.3 Å². The molecule has 1 aromatic heterocycles. The SMILES string of the molecule is COc1cccc2c1n(Cc1ccccc1C(F)(F)F)c(=O)n2[C@@H]1CCN(c2c(F)cccc2C=O)C1. The molecule has 1 saturated heterocycles. The number of benzene rings is 3. The van der Waals surface area contributed by atoms with Crippen molar-refractivity contribution in [2.24, 2.45) is 0 Å². The minimum absolute atomic E-state index is 0.0444. The molecule has 37 heavy (non-hydrogen) atoms. The fourth-order valence-electron chi connectivity index (χ4n) is 5.19. The first-order valence-electron chi connectivity index (χ1n) is 11.7. The van der Waals surface area contributed by atoms with E-state index in [9.17, 15) is 27.2 Å². The van der Waals surface area contributed by atoms with Gasteiger partial charge >= 0.3 is 11.9 Å². The van der Waals surface area contributed by atoms with Gasteiger partial charge in [-0.15, -0.1) is 0 Å². The average Bonchev–Trinajstić information content (AvgIpc) is 3.45. The zero-order valence-electron chi connectivity index (χ0n) is 19.8. The number of halogens is 4. The molecule has 0 spiro atoms. The molecule has 1 fully saturated rings. The van der Waals surface area contributed by atoms with Gasteiger partial charge in [0.15, 0.2) is 6.29 Å². The molecule has 5 rings (SSSR count). The first-order valence-corrected chi connectivity index (χ1v) is 11.7. The lowest BCUT2D eigenvalue weighted by atomic mass is 10.1. The van der Waals surface area contributed by atoms with Gasteiger partial charge in [0.1, 0.15) is 17.1 Å². The lowest BCUT2D eigenvalue weighted by Crippen LogP contribution is -2.30. The molecule has 0 amide bonds. The predicted molar refractivity (Wildman–Crippen MR) is 131 cm³/mol. The predicted octanol–water partition coefficient (Wildman–Crippen LogP) is 5.28. The number of para-hydroxylation sites is 2. The first-order chi connectivity index (χ1) is 17.7. The van der Waals surface area contributed by atoms with Crippen LogP contribution in [0.3, 0.4) is 0 Å². The van der Waals surface area contributed by atoms with Crippen LogP contribution in [0.4, 0.5) is 23.2 Å². The Morgan fingerprint density at radius 1 is 1.05 bits per heavy atom. The quantitative estimate of drug-likeness (QED) is 0.260. The normalized spacial score (nSPS) is 15.9. The minimum atomic E-state index is -4.58. The van der Waals surface area contributed by atoms with E-state index in [-0.39, 0.29) is 29.9 Å². The molecular weight excluding hydrogens is 490 g/mol. The summed E-state index contributed by atoms with van der Waals surface area (Å²) in [6.45, 7) is 0.334. The number of nitrogens with zero attached hydrogens (tertiary/aromatic N) is 3. The number of aromatic nitrogens is 2. The van der Waals surface area contributed by atoms with Crippen molar-refractivity contribution in [2.75, 3.05) is 25.1 Å². The molecule has 6 nitrogen and oxygen atoms in total. The smallest absolute Gasteiger partial charge is 0.416 e. The fourth-order valence-corrected chi connectivity index (χ4v) is 5.19. The molecular formula is C27H23F4N3O3. The summed E-state index contributed by atoms with van der Waals surface area (Å²) in [5.41, 5.74) is -0.0840. The highest BCUT2D eigenvalue weighted by molar-refractivity contribution is 5.85. The van der Waals surface area contributed by atoms with Gasteiger partial charge in [-0.05, 0) is 42.3 Å². The molecule has 1 atom stereocenters. The van der Waals surface area contributed by atoms with Crippen LogP contribution >= 0.6 is 0 Å². The number of imidazole rings is 1. The van der Waals surface area contributed by atoms with Crippen LogP contribution < -0.4 is 15.3 Å². The van der Waals surface area contributed by atoms with E-state index in [0.29, 0.717) is 36.0 Å². The number of aldehydes is 1. The molecule has 0 radical (unpaired) electrons. The zero-order chi connectivity index (χ0) is 26.3. The van der Waals surface area contributed by atoms with Gasteiger partial charge in [-0.25, -0.2) is 9.18 Å². The third-order valence-corrected chi connectivity index (χ3v) is 6.80. The highest BCUT2D eigenvalue weighted by Gasteiger charge is 2.34. The summed E-state index contributed by atoms with van der Waals surface area (Å²) >= 11 is 0. The van der Waals surface area contributed by atoms with Crippen molar-refractivity contribution in [1.82, 2.24) is 9.13 Å². The molecule has 0 bridgehead atoms. The van der Waals surface area contributed by atoms with Crippen LogP contribution in [0.5, 0.6) is 5.75 Å². The molecule has 0 N–H and O–H groups in total. The number of fused-ring (bicyclic) bond motifs is 1. The summed E-state index contributed by atoms with van der Waals surface area (Å²) in [4.78, 5) is 27.0. The van der Waals surface area contributed by atoms with E-state index >= 15 is 0 Å². The van der Waals surface area contributed by atoms with Gasteiger partial charge in [0.25, 0.3) is 0 Å². The number of alkyl halides is 3. The van der Waals surface area contributed by atoms with Crippen molar-refractivity contribution in [3.05, 3.63) is 93.7 Å². The van der Waals surface area contributed by atoms with Gasteiger partial charge < -0.3 is 9.64 Å². The van der Waals surface area contributed by atoms with E-state index < -0.39 is 29.3 Å². The highest BCUT2D eigenvalue weighted by Crippen LogP contribution is 2.36. The topological polar surface area (TPSA) is 56.5 Å². The lowest BCUT2D eigenvalue weighted by molar-refractivity contribution is -0.138. The van der Waals surface area contributed by atoms with Crippen LogP contribution in [0, 0.1) is 5.82 Å². The number of hydrogen-bond donors (Lipinski definition) is 0. The van der Waals surface area contributed by atoms with Crippen LogP contribution in [0.25, 0.3) is 11.0 Å². The van der Waals surface area contributed by atoms with Gasteiger partial charge in [-0.3, -0.25) is 13.9 Å². The number of ether oxygens (including phenoxy) is 1. The number of carbonyl (C=O) groups is 1. The molecule has 1 aliphatic heterocycles. The largest absolute Gasteiger partial charge is 0.494 e. The molecule has 3 aromatic carbocycles. The standard InChI is InChI=1S/C27H23F4N3O3/c1-37-23-11-5-10-22-25(23)33(14-17-6-2-3-8-20(17)27(29,30)31)26(36)34(22)19-12-13-32(15-19)24-18(16-35)7-4-9-21(24)28/h2-11,16,19H,12-15H2,1H3/t19-/m1/s1. The highest BCUT2D eigenvalue weighted by atomic mass is 19.4. The Balaban J connectivity index is 1.61. The van der Waals surface area contributed by atoms with Crippen molar-refractivity contribution in [3.8, 4) is 5.75 Å². The van der Waals surface area contributed by atoms with Crippen molar-refractivity contribution in [1.29, 1.82) is 0 Å². The molecule has 4 aromatic rings. The number of anilines is 1. The van der Waals surface area contributed by atoms with Crippen LogP contribution in [0.1, 0.15) is 33.9 Å². The van der Waals surface area contributed by atoms with Gasteiger partial charge in [0.2, 0.25) is 0 Å². The third-order valence-electron chi connectivity index (χ3n) is 6.80. The number of carbonyl (C=O) groups excluding carboxylic acids is 1. The summed E-state index contributed by atoms with van der Waals surface area (Å²) in [5.74, 6) is -0.185. The van der Waals surface area contributed by atoms with Crippen LogP contribution in [-0.4, -0.2) is 35.6 Å². The fraction of sp³-hybridized carbons (Fsp3) is 0.259. The Bertz CT molecular complexity index is 1540. The van der Waals surface area contributed by atoms with E-state index in [1.54, 1.807) is 23.1 Å². The van der Waals surface area contributed by atoms with Crippen molar-refractivity contribution >= 4 is 23.0 Å². The van der Waals surface area contributed by atoms with Crippen LogP contribution in [0.15, 0.2) is 65.5 Å².